The number of benzene rings is 2. The average Bonchev–Trinajstić information content (AvgIpc) is 2.75. The van der Waals surface area contributed by atoms with Gasteiger partial charge in [-0.2, -0.15) is 0 Å². The van der Waals surface area contributed by atoms with E-state index < -0.39 is 0 Å². The molecule has 0 unspecified atom stereocenters. The van der Waals surface area contributed by atoms with Crippen LogP contribution >= 0.6 is 35.6 Å². The van der Waals surface area contributed by atoms with Gasteiger partial charge < -0.3 is 20.1 Å². The molecule has 0 aliphatic carbocycles. The number of rotatable bonds is 6. The summed E-state index contributed by atoms with van der Waals surface area (Å²) < 4.78 is 10.9. The number of nitrogens with one attached hydrogen (secondary N) is 2. The van der Waals surface area contributed by atoms with Crippen LogP contribution in [-0.2, 0) is 16.7 Å². The summed E-state index contributed by atoms with van der Waals surface area (Å²) in [6.45, 7) is 2.93. The highest BCUT2D eigenvalue weighted by atomic mass is 127. The smallest absolute Gasteiger partial charge is 0.191 e. The Morgan fingerprint density at radius 3 is 2.41 bits per heavy atom. The van der Waals surface area contributed by atoms with Crippen molar-refractivity contribution in [2.75, 3.05) is 33.9 Å². The SMILES string of the molecule is CN=C(NCc1ccccc1Cl)NCC1(c2ccc(OC)cc2)CCOCC1.I. The predicted molar refractivity (Wildman–Crippen MR) is 130 cm³/mol. The summed E-state index contributed by atoms with van der Waals surface area (Å²) in [6.07, 6.45) is 1.93. The highest BCUT2D eigenvalue weighted by Crippen LogP contribution is 2.35. The molecule has 3 rings (SSSR count). The molecule has 1 saturated heterocycles. The molecular weight excluding hydrogens is 501 g/mol. The molecule has 0 saturated carbocycles. The third-order valence-electron chi connectivity index (χ3n) is 5.37. The van der Waals surface area contributed by atoms with Gasteiger partial charge in [0.25, 0.3) is 0 Å². The van der Waals surface area contributed by atoms with E-state index in [4.69, 9.17) is 21.1 Å². The molecule has 158 valence electrons. The number of guanidine groups is 1. The van der Waals surface area contributed by atoms with Crippen LogP contribution in [0.4, 0.5) is 0 Å². The fourth-order valence-corrected chi connectivity index (χ4v) is 3.77. The van der Waals surface area contributed by atoms with E-state index in [1.807, 2.05) is 36.4 Å². The first-order valence-electron chi connectivity index (χ1n) is 9.57. The van der Waals surface area contributed by atoms with Gasteiger partial charge in [0.15, 0.2) is 5.96 Å². The van der Waals surface area contributed by atoms with Gasteiger partial charge in [0.05, 0.1) is 7.11 Å². The van der Waals surface area contributed by atoms with E-state index in [0.717, 1.165) is 54.9 Å². The van der Waals surface area contributed by atoms with Crippen LogP contribution in [0.5, 0.6) is 5.75 Å². The topological polar surface area (TPSA) is 54.9 Å². The predicted octanol–water partition coefficient (Wildman–Crippen LogP) is 4.38. The minimum absolute atomic E-state index is 0. The summed E-state index contributed by atoms with van der Waals surface area (Å²) >= 11 is 6.25. The van der Waals surface area contributed by atoms with Crippen molar-refractivity contribution in [2.24, 2.45) is 4.99 Å². The van der Waals surface area contributed by atoms with Crippen molar-refractivity contribution < 1.29 is 9.47 Å². The molecule has 7 heteroatoms. The molecule has 0 aromatic heterocycles. The van der Waals surface area contributed by atoms with Crippen LogP contribution in [0.25, 0.3) is 0 Å². The zero-order valence-electron chi connectivity index (χ0n) is 16.9. The van der Waals surface area contributed by atoms with Crippen LogP contribution in [0.3, 0.4) is 0 Å². The maximum Gasteiger partial charge on any atom is 0.191 e. The monoisotopic (exact) mass is 529 g/mol. The molecule has 0 spiro atoms. The van der Waals surface area contributed by atoms with Crippen molar-refractivity contribution in [2.45, 2.75) is 24.8 Å². The number of ether oxygens (including phenoxy) is 2. The fourth-order valence-electron chi connectivity index (χ4n) is 3.57. The van der Waals surface area contributed by atoms with Gasteiger partial charge in [0.2, 0.25) is 0 Å². The molecular formula is C22H29ClIN3O2. The molecule has 0 amide bonds. The third-order valence-corrected chi connectivity index (χ3v) is 5.74. The van der Waals surface area contributed by atoms with Crippen molar-refractivity contribution in [3.05, 3.63) is 64.7 Å². The first-order chi connectivity index (χ1) is 13.7. The maximum atomic E-state index is 6.25. The van der Waals surface area contributed by atoms with Gasteiger partial charge in [-0.25, -0.2) is 0 Å². The van der Waals surface area contributed by atoms with Crippen molar-refractivity contribution in [3.8, 4) is 5.75 Å². The molecule has 2 aromatic carbocycles. The molecule has 0 radical (unpaired) electrons. The van der Waals surface area contributed by atoms with Crippen LogP contribution in [0, 0.1) is 0 Å². The quantitative estimate of drug-likeness (QED) is 0.331. The van der Waals surface area contributed by atoms with E-state index in [1.54, 1.807) is 14.2 Å². The molecule has 1 aliphatic heterocycles. The fraction of sp³-hybridized carbons (Fsp3) is 0.409. The normalized spacial score (nSPS) is 15.9. The van der Waals surface area contributed by atoms with Gasteiger partial charge in [0, 0.05) is 43.8 Å². The second kappa shape index (κ2) is 11.6. The van der Waals surface area contributed by atoms with E-state index in [9.17, 15) is 0 Å². The lowest BCUT2D eigenvalue weighted by molar-refractivity contribution is 0.0513. The first kappa shape index (κ1) is 23.8. The highest BCUT2D eigenvalue weighted by molar-refractivity contribution is 14.0. The van der Waals surface area contributed by atoms with Gasteiger partial charge in [-0.05, 0) is 42.2 Å². The number of methoxy groups -OCH3 is 1. The number of hydrogen-bond donors (Lipinski definition) is 2. The second-order valence-corrected chi connectivity index (χ2v) is 7.40. The molecule has 5 nitrogen and oxygen atoms in total. The Bertz CT molecular complexity index is 793. The Labute approximate surface area is 195 Å². The molecule has 0 bridgehead atoms. The van der Waals surface area contributed by atoms with Gasteiger partial charge in [0.1, 0.15) is 5.75 Å². The van der Waals surface area contributed by atoms with Gasteiger partial charge >= 0.3 is 0 Å². The molecule has 0 atom stereocenters. The molecule has 2 aromatic rings. The zero-order valence-corrected chi connectivity index (χ0v) is 20.0. The summed E-state index contributed by atoms with van der Waals surface area (Å²) in [5.74, 6) is 1.63. The largest absolute Gasteiger partial charge is 0.497 e. The first-order valence-corrected chi connectivity index (χ1v) is 9.95. The van der Waals surface area contributed by atoms with Gasteiger partial charge in [-0.3, -0.25) is 4.99 Å². The Morgan fingerprint density at radius 2 is 1.79 bits per heavy atom. The van der Waals surface area contributed by atoms with Crippen LogP contribution in [0.2, 0.25) is 5.02 Å². The molecule has 1 aliphatic rings. The van der Waals surface area contributed by atoms with E-state index in [2.05, 4.69) is 27.8 Å². The maximum absolute atomic E-state index is 6.25. The van der Waals surface area contributed by atoms with Crippen molar-refractivity contribution >= 4 is 41.5 Å². The Kier molecular flexibility index (Phi) is 9.52. The number of halogens is 2. The summed E-state index contributed by atoms with van der Waals surface area (Å²) in [5, 5.41) is 7.62. The standard InChI is InChI=1S/C22H28ClN3O2.HI/c1-24-21(25-15-17-5-3-4-6-20(17)23)26-16-22(11-13-28-14-12-22)18-7-9-19(27-2)10-8-18;/h3-10H,11-16H2,1-2H3,(H2,24,25,26);1H. The number of nitrogens with zero attached hydrogens (tertiary/aromatic N) is 1. The third kappa shape index (κ3) is 6.23. The Balaban J connectivity index is 0.00000300. The lowest BCUT2D eigenvalue weighted by atomic mass is 9.74. The minimum atomic E-state index is 0. The lowest BCUT2D eigenvalue weighted by Gasteiger charge is -2.38. The van der Waals surface area contributed by atoms with E-state index in [-0.39, 0.29) is 29.4 Å². The molecule has 29 heavy (non-hydrogen) atoms. The molecule has 2 N–H and O–H groups in total. The van der Waals surface area contributed by atoms with Crippen LogP contribution in [-0.4, -0.2) is 39.9 Å². The van der Waals surface area contributed by atoms with Gasteiger partial charge in [-0.1, -0.05) is 41.9 Å². The summed E-state index contributed by atoms with van der Waals surface area (Å²) in [5.41, 5.74) is 2.35. The Morgan fingerprint density at radius 1 is 1.10 bits per heavy atom. The second-order valence-electron chi connectivity index (χ2n) is 6.99. The van der Waals surface area contributed by atoms with E-state index >= 15 is 0 Å². The highest BCUT2D eigenvalue weighted by Gasteiger charge is 2.34. The van der Waals surface area contributed by atoms with Gasteiger partial charge in [-0.15, -0.1) is 24.0 Å². The summed E-state index contributed by atoms with van der Waals surface area (Å²) in [7, 11) is 3.47. The summed E-state index contributed by atoms with van der Waals surface area (Å²) in [4.78, 5) is 4.37. The van der Waals surface area contributed by atoms with Crippen molar-refractivity contribution in [1.29, 1.82) is 0 Å². The van der Waals surface area contributed by atoms with Crippen LogP contribution in [0.1, 0.15) is 24.0 Å². The number of aliphatic imine (C=N–C) groups is 1. The van der Waals surface area contributed by atoms with Crippen molar-refractivity contribution in [3.63, 3.8) is 0 Å². The molecule has 1 fully saturated rings. The Hall–Kier alpha value is -1.51. The van der Waals surface area contributed by atoms with E-state index in [0.29, 0.717) is 6.54 Å². The summed E-state index contributed by atoms with van der Waals surface area (Å²) in [6, 6.07) is 16.2. The molecule has 1 heterocycles. The zero-order chi connectivity index (χ0) is 19.8. The van der Waals surface area contributed by atoms with Crippen LogP contribution < -0.4 is 15.4 Å². The minimum Gasteiger partial charge on any atom is -0.497 e. The lowest BCUT2D eigenvalue weighted by Crippen LogP contribution is -2.47. The average molecular weight is 530 g/mol. The van der Waals surface area contributed by atoms with E-state index in [1.165, 1.54) is 5.56 Å². The number of hydrogen-bond acceptors (Lipinski definition) is 3. The van der Waals surface area contributed by atoms with Crippen molar-refractivity contribution in [1.82, 2.24) is 10.6 Å². The van der Waals surface area contributed by atoms with Crippen LogP contribution in [0.15, 0.2) is 53.5 Å².